The maximum atomic E-state index is 12.5. The molecule has 4 heteroatoms. The van der Waals surface area contributed by atoms with E-state index in [1.165, 1.54) is 250 Å². The smallest absolute Gasteiger partial charge is 0.220 e. The zero-order valence-corrected chi connectivity index (χ0v) is 39.1. The van der Waals surface area contributed by atoms with Crippen LogP contribution in [-0.4, -0.2) is 34.9 Å². The number of carbonyl (C=O) groups is 1. The van der Waals surface area contributed by atoms with Gasteiger partial charge in [-0.2, -0.15) is 0 Å². The van der Waals surface area contributed by atoms with Gasteiger partial charge in [-0.3, -0.25) is 4.79 Å². The maximum Gasteiger partial charge on any atom is 0.220 e. The largest absolute Gasteiger partial charge is 0.394 e. The van der Waals surface area contributed by atoms with Crippen molar-refractivity contribution in [1.82, 2.24) is 5.32 Å². The standard InChI is InChI=1S/C53H105NO3/c1-3-5-7-9-11-13-15-17-19-21-23-24-25-26-27-28-29-31-32-34-36-38-40-42-44-46-48-52(56)51(50-55)54-53(57)49-47-45-43-41-39-37-35-33-30-22-20-18-16-14-12-10-8-6-4-2/h18,20,51-52,55-56H,3-17,19,21-50H2,1-2H3,(H,54,57)/b20-18-. The first-order chi connectivity index (χ1) is 28.2. The lowest BCUT2D eigenvalue weighted by atomic mass is 10.0. The predicted molar refractivity (Wildman–Crippen MR) is 253 cm³/mol. The van der Waals surface area contributed by atoms with E-state index in [0.717, 1.165) is 25.7 Å². The Morgan fingerprint density at radius 2 is 0.667 bits per heavy atom. The molecule has 57 heavy (non-hydrogen) atoms. The lowest BCUT2D eigenvalue weighted by molar-refractivity contribution is -0.123. The van der Waals surface area contributed by atoms with Gasteiger partial charge in [-0.05, 0) is 38.5 Å². The van der Waals surface area contributed by atoms with Crippen LogP contribution in [0.3, 0.4) is 0 Å². The van der Waals surface area contributed by atoms with E-state index in [9.17, 15) is 15.0 Å². The first kappa shape index (κ1) is 56.1. The van der Waals surface area contributed by atoms with Gasteiger partial charge in [0.1, 0.15) is 0 Å². The van der Waals surface area contributed by atoms with Gasteiger partial charge in [0, 0.05) is 6.42 Å². The van der Waals surface area contributed by atoms with Crippen molar-refractivity contribution in [2.24, 2.45) is 0 Å². The Morgan fingerprint density at radius 3 is 0.965 bits per heavy atom. The number of rotatable bonds is 49. The fourth-order valence-corrected chi connectivity index (χ4v) is 8.48. The molecule has 3 N–H and O–H groups in total. The molecule has 0 heterocycles. The van der Waals surface area contributed by atoms with Gasteiger partial charge in [0.25, 0.3) is 0 Å². The molecule has 0 aromatic rings. The van der Waals surface area contributed by atoms with Gasteiger partial charge in [-0.1, -0.05) is 270 Å². The summed E-state index contributed by atoms with van der Waals surface area (Å²) in [6.07, 6.45) is 63.3. The number of aliphatic hydroxyl groups is 2. The van der Waals surface area contributed by atoms with Gasteiger partial charge in [0.2, 0.25) is 5.91 Å². The molecule has 0 spiro atoms. The van der Waals surface area contributed by atoms with E-state index >= 15 is 0 Å². The summed E-state index contributed by atoms with van der Waals surface area (Å²) in [6.45, 7) is 4.39. The van der Waals surface area contributed by atoms with Crippen molar-refractivity contribution in [1.29, 1.82) is 0 Å². The Kier molecular flexibility index (Phi) is 48.7. The third kappa shape index (κ3) is 46.1. The molecule has 0 aromatic heterocycles. The number of amides is 1. The molecular weight excluding hydrogens is 699 g/mol. The lowest BCUT2D eigenvalue weighted by Crippen LogP contribution is -2.45. The van der Waals surface area contributed by atoms with Crippen LogP contribution in [0.15, 0.2) is 12.2 Å². The van der Waals surface area contributed by atoms with E-state index in [-0.39, 0.29) is 12.5 Å². The van der Waals surface area contributed by atoms with Crippen LogP contribution in [0.5, 0.6) is 0 Å². The van der Waals surface area contributed by atoms with Gasteiger partial charge in [-0.15, -0.1) is 0 Å². The summed E-state index contributed by atoms with van der Waals surface area (Å²) in [5, 5.41) is 23.3. The second-order valence-corrected chi connectivity index (χ2v) is 18.3. The highest BCUT2D eigenvalue weighted by Gasteiger charge is 2.20. The highest BCUT2D eigenvalue weighted by molar-refractivity contribution is 5.76. The Balaban J connectivity index is 3.43. The zero-order valence-electron chi connectivity index (χ0n) is 39.1. The summed E-state index contributed by atoms with van der Waals surface area (Å²) in [5.41, 5.74) is 0. The number of carbonyl (C=O) groups excluding carboxylic acids is 1. The number of unbranched alkanes of at least 4 members (excludes halogenated alkanes) is 40. The van der Waals surface area contributed by atoms with Crippen molar-refractivity contribution < 1.29 is 15.0 Å². The average Bonchev–Trinajstić information content (AvgIpc) is 3.22. The molecule has 2 unspecified atom stereocenters. The molecule has 2 atom stereocenters. The molecule has 0 fully saturated rings. The van der Waals surface area contributed by atoms with Crippen molar-refractivity contribution in [2.75, 3.05) is 6.61 Å². The summed E-state index contributed by atoms with van der Waals surface area (Å²) in [4.78, 5) is 12.5. The van der Waals surface area contributed by atoms with Crippen LogP contribution in [0.1, 0.15) is 303 Å². The van der Waals surface area contributed by atoms with E-state index in [4.69, 9.17) is 0 Å². The van der Waals surface area contributed by atoms with Crippen LogP contribution in [0.2, 0.25) is 0 Å². The number of nitrogens with one attached hydrogen (secondary N) is 1. The summed E-state index contributed by atoms with van der Waals surface area (Å²) in [5.74, 6) is -0.0286. The van der Waals surface area contributed by atoms with E-state index in [1.807, 2.05) is 0 Å². The third-order valence-electron chi connectivity index (χ3n) is 12.5. The van der Waals surface area contributed by atoms with E-state index in [2.05, 4.69) is 31.3 Å². The Morgan fingerprint density at radius 1 is 0.404 bits per heavy atom. The van der Waals surface area contributed by atoms with Gasteiger partial charge in [0.15, 0.2) is 0 Å². The maximum absolute atomic E-state index is 12.5. The Labute approximate surface area is 358 Å². The van der Waals surface area contributed by atoms with Gasteiger partial charge in [0.05, 0.1) is 18.8 Å². The summed E-state index contributed by atoms with van der Waals surface area (Å²) in [7, 11) is 0. The molecule has 0 aliphatic heterocycles. The molecule has 1 amide bonds. The fraction of sp³-hybridized carbons (Fsp3) is 0.943. The van der Waals surface area contributed by atoms with Crippen LogP contribution >= 0.6 is 0 Å². The molecule has 0 aliphatic carbocycles. The van der Waals surface area contributed by atoms with Crippen LogP contribution < -0.4 is 5.32 Å². The predicted octanol–water partition coefficient (Wildman–Crippen LogP) is 17.0. The van der Waals surface area contributed by atoms with Gasteiger partial charge < -0.3 is 15.5 Å². The van der Waals surface area contributed by atoms with Crippen molar-refractivity contribution in [3.8, 4) is 0 Å². The number of allylic oxidation sites excluding steroid dienone is 2. The van der Waals surface area contributed by atoms with Crippen LogP contribution in [-0.2, 0) is 4.79 Å². The Bertz CT molecular complexity index is 784. The minimum absolute atomic E-state index is 0.0286. The quantitative estimate of drug-likeness (QED) is 0.0424. The topological polar surface area (TPSA) is 69.6 Å². The highest BCUT2D eigenvalue weighted by atomic mass is 16.3. The first-order valence-electron chi connectivity index (χ1n) is 26.4. The molecule has 0 aromatic carbocycles. The SMILES string of the molecule is CCCCCCCC/C=C\CCCCCCCCCCCC(=O)NC(CO)C(O)CCCCCCCCCCCCCCCCCCCCCCCCCCCC. The monoisotopic (exact) mass is 804 g/mol. The number of hydrogen-bond donors (Lipinski definition) is 3. The van der Waals surface area contributed by atoms with E-state index in [1.54, 1.807) is 0 Å². The van der Waals surface area contributed by atoms with Gasteiger partial charge >= 0.3 is 0 Å². The second kappa shape index (κ2) is 49.5. The first-order valence-corrected chi connectivity index (χ1v) is 26.4. The summed E-state index contributed by atoms with van der Waals surface area (Å²) in [6, 6.07) is -0.535. The third-order valence-corrected chi connectivity index (χ3v) is 12.5. The lowest BCUT2D eigenvalue weighted by Gasteiger charge is -2.22. The average molecular weight is 804 g/mol. The number of hydrogen-bond acceptors (Lipinski definition) is 3. The minimum atomic E-state index is -0.658. The van der Waals surface area contributed by atoms with Gasteiger partial charge in [-0.25, -0.2) is 0 Å². The molecule has 0 radical (unpaired) electrons. The zero-order chi connectivity index (χ0) is 41.4. The number of aliphatic hydroxyl groups excluding tert-OH is 2. The summed E-state index contributed by atoms with van der Waals surface area (Å²) >= 11 is 0. The van der Waals surface area contributed by atoms with Crippen LogP contribution in [0.4, 0.5) is 0 Å². The molecule has 0 saturated carbocycles. The highest BCUT2D eigenvalue weighted by Crippen LogP contribution is 2.17. The van der Waals surface area contributed by atoms with Crippen molar-refractivity contribution in [3.05, 3.63) is 12.2 Å². The van der Waals surface area contributed by atoms with Crippen LogP contribution in [0.25, 0.3) is 0 Å². The minimum Gasteiger partial charge on any atom is -0.394 e. The van der Waals surface area contributed by atoms with Crippen molar-refractivity contribution in [3.63, 3.8) is 0 Å². The van der Waals surface area contributed by atoms with E-state index in [0.29, 0.717) is 12.8 Å². The molecule has 340 valence electrons. The molecule has 0 rings (SSSR count). The normalized spacial score (nSPS) is 12.8. The molecule has 4 nitrogen and oxygen atoms in total. The fourth-order valence-electron chi connectivity index (χ4n) is 8.48. The van der Waals surface area contributed by atoms with Crippen molar-refractivity contribution in [2.45, 2.75) is 315 Å². The second-order valence-electron chi connectivity index (χ2n) is 18.3. The Hall–Kier alpha value is -0.870. The molecule has 0 aliphatic rings. The molecule has 0 bridgehead atoms. The molecular formula is C53H105NO3. The van der Waals surface area contributed by atoms with Crippen molar-refractivity contribution >= 4 is 5.91 Å². The van der Waals surface area contributed by atoms with E-state index < -0.39 is 12.1 Å². The molecule has 0 saturated heterocycles. The van der Waals surface area contributed by atoms with Crippen LogP contribution in [0, 0.1) is 0 Å². The summed E-state index contributed by atoms with van der Waals surface area (Å²) < 4.78 is 0.